The van der Waals surface area contributed by atoms with E-state index in [0.29, 0.717) is 12.2 Å². The Balaban J connectivity index is 1.85. The molecular weight excluding hydrogens is 328 g/mol. The summed E-state index contributed by atoms with van der Waals surface area (Å²) >= 11 is 0. The maximum Gasteiger partial charge on any atom is 0.404 e. The first-order valence-corrected chi connectivity index (χ1v) is 8.04. The van der Waals surface area contributed by atoms with E-state index in [1.54, 1.807) is 6.92 Å². The molecule has 1 amide bonds. The highest BCUT2D eigenvalue weighted by Gasteiger charge is 2.75. The molecule has 134 valence electrons. The van der Waals surface area contributed by atoms with Crippen molar-refractivity contribution in [1.29, 1.82) is 0 Å². The second-order valence-electron chi connectivity index (χ2n) is 6.89. The Morgan fingerprint density at radius 2 is 2.04 bits per heavy atom. The number of Topliss-reactive ketones (excluding diaryl/α,β-unsaturated/α-hetero) is 2. The fourth-order valence-corrected chi connectivity index (χ4v) is 4.73. The molecule has 0 aromatic carbocycles. The summed E-state index contributed by atoms with van der Waals surface area (Å²) in [4.78, 5) is 40.8. The van der Waals surface area contributed by atoms with Crippen molar-refractivity contribution in [3.8, 4) is 0 Å². The van der Waals surface area contributed by atoms with E-state index in [1.807, 2.05) is 11.9 Å². The van der Waals surface area contributed by atoms with Gasteiger partial charge in [-0.1, -0.05) is 0 Å². The third-order valence-corrected chi connectivity index (χ3v) is 5.99. The summed E-state index contributed by atoms with van der Waals surface area (Å²) in [6, 6.07) is 0.211. The highest BCUT2D eigenvalue weighted by Crippen LogP contribution is 2.59. The fourth-order valence-electron chi connectivity index (χ4n) is 4.73. The molecule has 0 bridgehead atoms. The maximum atomic E-state index is 12.9. The Bertz CT molecular complexity index is 787. The molecule has 2 fully saturated rings. The lowest BCUT2D eigenvalue weighted by atomic mass is 9.82. The zero-order valence-corrected chi connectivity index (χ0v) is 14.2. The SMILES string of the molecule is CO[C@]12[C@@H]3[C@H](CN1C1=C(C(=O)C(N)=C(C)C1=O)[C@@H]2COC(N)=O)N3C. The lowest BCUT2D eigenvalue weighted by Crippen LogP contribution is -2.55. The van der Waals surface area contributed by atoms with Gasteiger partial charge in [0.15, 0.2) is 5.72 Å². The number of amides is 1. The highest BCUT2D eigenvalue weighted by molar-refractivity contribution is 6.25. The van der Waals surface area contributed by atoms with Gasteiger partial charge in [0, 0.05) is 30.8 Å². The number of methoxy groups -OCH3 is 1. The maximum absolute atomic E-state index is 12.9. The molecule has 0 saturated carbocycles. The van der Waals surface area contributed by atoms with Crippen LogP contribution in [0.25, 0.3) is 0 Å². The van der Waals surface area contributed by atoms with Gasteiger partial charge >= 0.3 is 6.09 Å². The molecule has 25 heavy (non-hydrogen) atoms. The molecule has 4 N–H and O–H groups in total. The van der Waals surface area contributed by atoms with Crippen molar-refractivity contribution in [2.75, 3.05) is 27.3 Å². The second kappa shape index (κ2) is 4.83. The summed E-state index contributed by atoms with van der Waals surface area (Å²) in [6.45, 7) is 1.96. The molecule has 2 saturated heterocycles. The first-order chi connectivity index (χ1) is 11.8. The molecule has 0 aromatic rings. The number of allylic oxidation sites excluding steroid dienone is 2. The van der Waals surface area contributed by atoms with Gasteiger partial charge in [0.1, 0.15) is 6.61 Å². The van der Waals surface area contributed by atoms with Crippen LogP contribution in [0.5, 0.6) is 0 Å². The van der Waals surface area contributed by atoms with E-state index < -0.39 is 23.5 Å². The Kier molecular flexibility index (Phi) is 3.11. The number of nitrogens with zero attached hydrogens (tertiary/aromatic N) is 2. The quantitative estimate of drug-likeness (QED) is 0.475. The van der Waals surface area contributed by atoms with Crippen molar-refractivity contribution < 1.29 is 23.9 Å². The van der Waals surface area contributed by atoms with E-state index in [1.165, 1.54) is 7.11 Å². The summed E-state index contributed by atoms with van der Waals surface area (Å²) in [5.74, 6) is -1.32. The smallest absolute Gasteiger partial charge is 0.404 e. The largest absolute Gasteiger partial charge is 0.449 e. The standard InChI is InChI=1S/C16H20N4O5/c1-6-10(17)13(22)9-7(5-25-15(18)23)16(24-3)14-8(19(14)2)4-20(16)11(9)12(6)21/h7-8,14H,4-5,17H2,1-3H3,(H2,18,23)/t7-,8-,14-,16+,19?/m0/s1. The summed E-state index contributed by atoms with van der Waals surface area (Å²) in [7, 11) is 3.49. The van der Waals surface area contributed by atoms with Crippen molar-refractivity contribution in [3.05, 3.63) is 22.5 Å². The number of ketones is 2. The molecule has 4 aliphatic rings. The number of primary amides is 1. The molecule has 1 unspecified atom stereocenters. The van der Waals surface area contributed by atoms with Crippen LogP contribution in [0.4, 0.5) is 4.79 Å². The minimum Gasteiger partial charge on any atom is -0.449 e. The molecule has 0 radical (unpaired) electrons. The van der Waals surface area contributed by atoms with Gasteiger partial charge in [-0.2, -0.15) is 0 Å². The highest BCUT2D eigenvalue weighted by atomic mass is 16.6. The van der Waals surface area contributed by atoms with Crippen LogP contribution < -0.4 is 11.5 Å². The molecule has 3 heterocycles. The van der Waals surface area contributed by atoms with Gasteiger partial charge in [-0.25, -0.2) is 4.79 Å². The lowest BCUT2D eigenvalue weighted by molar-refractivity contribution is -0.144. The van der Waals surface area contributed by atoms with Crippen molar-refractivity contribution in [2.45, 2.75) is 24.7 Å². The number of hydrogen-bond donors (Lipinski definition) is 2. The first kappa shape index (κ1) is 16.1. The van der Waals surface area contributed by atoms with Crippen molar-refractivity contribution in [2.24, 2.45) is 17.4 Å². The summed E-state index contributed by atoms with van der Waals surface area (Å²) in [5.41, 5.74) is 10.8. The predicted molar refractivity (Wildman–Crippen MR) is 84.7 cm³/mol. The van der Waals surface area contributed by atoms with Crippen LogP contribution in [0.3, 0.4) is 0 Å². The number of ether oxygens (including phenoxy) is 2. The Morgan fingerprint density at radius 3 is 2.64 bits per heavy atom. The minimum atomic E-state index is -0.949. The van der Waals surface area contributed by atoms with E-state index in [2.05, 4.69) is 4.90 Å². The van der Waals surface area contributed by atoms with Gasteiger partial charge in [0.25, 0.3) is 0 Å². The van der Waals surface area contributed by atoms with Gasteiger partial charge in [0.05, 0.1) is 23.4 Å². The third-order valence-electron chi connectivity index (χ3n) is 5.99. The topological polar surface area (TPSA) is 128 Å². The molecule has 4 rings (SSSR count). The number of hydrogen-bond acceptors (Lipinski definition) is 8. The number of nitrogens with two attached hydrogens (primary N) is 2. The van der Waals surface area contributed by atoms with Crippen LogP contribution in [-0.4, -0.2) is 72.6 Å². The van der Waals surface area contributed by atoms with E-state index in [9.17, 15) is 14.4 Å². The van der Waals surface area contributed by atoms with Gasteiger partial charge < -0.3 is 25.8 Å². The lowest BCUT2D eigenvalue weighted by Gasteiger charge is -2.40. The van der Waals surface area contributed by atoms with Crippen LogP contribution >= 0.6 is 0 Å². The molecule has 9 nitrogen and oxygen atoms in total. The molecule has 5 atom stereocenters. The second-order valence-corrected chi connectivity index (χ2v) is 6.89. The number of piperazine rings is 1. The summed E-state index contributed by atoms with van der Waals surface area (Å²) < 4.78 is 10.9. The molecule has 0 spiro atoms. The summed E-state index contributed by atoms with van der Waals surface area (Å²) in [6.07, 6.45) is -0.945. The monoisotopic (exact) mass is 348 g/mol. The third kappa shape index (κ3) is 1.72. The molecule has 9 heteroatoms. The Morgan fingerprint density at radius 1 is 1.36 bits per heavy atom. The summed E-state index contributed by atoms with van der Waals surface area (Å²) in [5, 5.41) is 0. The first-order valence-electron chi connectivity index (χ1n) is 8.04. The van der Waals surface area contributed by atoms with Crippen molar-refractivity contribution in [1.82, 2.24) is 9.80 Å². The van der Waals surface area contributed by atoms with E-state index >= 15 is 0 Å². The molecular formula is C16H20N4O5. The normalized spacial score (nSPS) is 38.8. The number of carbonyl (C=O) groups is 3. The predicted octanol–water partition coefficient (Wildman–Crippen LogP) is -1.31. The van der Waals surface area contributed by atoms with E-state index in [-0.39, 0.29) is 41.3 Å². The average molecular weight is 348 g/mol. The number of likely N-dealkylation sites (N-methyl/N-ethyl adjacent to an activating group) is 1. The molecule has 0 aromatic heterocycles. The zero-order valence-electron chi connectivity index (χ0n) is 14.2. The van der Waals surface area contributed by atoms with Crippen LogP contribution in [0.1, 0.15) is 6.92 Å². The Hall–Kier alpha value is -2.39. The number of carbonyl (C=O) groups excluding carboxylic acids is 3. The zero-order chi connectivity index (χ0) is 18.3. The van der Waals surface area contributed by atoms with Gasteiger partial charge in [-0.3, -0.25) is 14.5 Å². The van der Waals surface area contributed by atoms with E-state index in [4.69, 9.17) is 20.9 Å². The van der Waals surface area contributed by atoms with Crippen LogP contribution in [0.2, 0.25) is 0 Å². The van der Waals surface area contributed by atoms with E-state index in [0.717, 1.165) is 0 Å². The molecule has 1 aliphatic carbocycles. The van der Waals surface area contributed by atoms with Crippen molar-refractivity contribution >= 4 is 17.7 Å². The minimum absolute atomic E-state index is 0.00768. The number of rotatable bonds is 3. The fraction of sp³-hybridized carbons (Fsp3) is 0.562. The van der Waals surface area contributed by atoms with Crippen LogP contribution in [0.15, 0.2) is 22.5 Å². The van der Waals surface area contributed by atoms with Gasteiger partial charge in [-0.05, 0) is 14.0 Å². The van der Waals surface area contributed by atoms with Gasteiger partial charge in [-0.15, -0.1) is 0 Å². The molecule has 3 aliphatic heterocycles. The number of fused-ring (bicyclic) bond motifs is 4. The van der Waals surface area contributed by atoms with Crippen LogP contribution in [-0.2, 0) is 19.1 Å². The van der Waals surface area contributed by atoms with Crippen molar-refractivity contribution in [3.63, 3.8) is 0 Å². The average Bonchev–Trinajstić information content (AvgIpc) is 2.96. The Labute approximate surface area is 144 Å². The van der Waals surface area contributed by atoms with Gasteiger partial charge in [0.2, 0.25) is 11.6 Å². The van der Waals surface area contributed by atoms with Crippen LogP contribution in [0, 0.1) is 5.92 Å².